The minimum Gasteiger partial charge on any atom is -0.347 e. The van der Waals surface area contributed by atoms with E-state index in [9.17, 15) is 0 Å². The first-order valence-electron chi connectivity index (χ1n) is 5.63. The zero-order valence-electron chi connectivity index (χ0n) is 9.03. The Kier molecular flexibility index (Phi) is 2.46. The predicted octanol–water partition coefficient (Wildman–Crippen LogP) is 0.780. The van der Waals surface area contributed by atoms with Gasteiger partial charge in [-0.05, 0) is 24.8 Å². The second-order valence-corrected chi connectivity index (χ2v) is 4.27. The second-order valence-electron chi connectivity index (χ2n) is 4.27. The third-order valence-electron chi connectivity index (χ3n) is 3.15. The topological polar surface area (TPSA) is 69.4 Å². The van der Waals surface area contributed by atoms with Gasteiger partial charge in [-0.1, -0.05) is 0 Å². The van der Waals surface area contributed by atoms with Crippen molar-refractivity contribution in [1.82, 2.24) is 25.5 Å². The number of fused-ring (bicyclic) bond motifs is 1. The highest BCUT2D eigenvalue weighted by Crippen LogP contribution is 2.18. The highest BCUT2D eigenvalue weighted by molar-refractivity contribution is 5.21. The highest BCUT2D eigenvalue weighted by Gasteiger charge is 2.19. The number of nitrogens with one attached hydrogen (secondary N) is 3. The van der Waals surface area contributed by atoms with Crippen molar-refractivity contribution in [2.75, 3.05) is 0 Å². The van der Waals surface area contributed by atoms with Crippen molar-refractivity contribution in [3.05, 3.63) is 35.7 Å². The van der Waals surface area contributed by atoms with Gasteiger partial charge < -0.3 is 10.3 Å². The smallest absolute Gasteiger partial charge is 0.0922 e. The Hall–Kier alpha value is -1.62. The van der Waals surface area contributed by atoms with E-state index < -0.39 is 0 Å². The summed E-state index contributed by atoms with van der Waals surface area (Å²) in [5, 5.41) is 10.7. The molecular weight excluding hydrogens is 202 g/mol. The molecule has 1 aliphatic carbocycles. The fourth-order valence-electron chi connectivity index (χ4n) is 2.23. The number of hydrogen-bond donors (Lipinski definition) is 3. The quantitative estimate of drug-likeness (QED) is 0.711. The van der Waals surface area contributed by atoms with E-state index >= 15 is 0 Å². The number of H-pyrrole nitrogens is 2. The van der Waals surface area contributed by atoms with Crippen LogP contribution in [0.1, 0.15) is 23.4 Å². The predicted molar refractivity (Wildman–Crippen MR) is 59.8 cm³/mol. The molecule has 0 aromatic carbocycles. The Morgan fingerprint density at radius 1 is 1.44 bits per heavy atom. The largest absolute Gasteiger partial charge is 0.347 e. The van der Waals surface area contributed by atoms with Gasteiger partial charge >= 0.3 is 0 Å². The molecule has 2 aromatic rings. The van der Waals surface area contributed by atoms with E-state index in [-0.39, 0.29) is 0 Å². The molecule has 0 saturated heterocycles. The van der Waals surface area contributed by atoms with E-state index in [1.807, 2.05) is 12.4 Å². The van der Waals surface area contributed by atoms with E-state index in [0.717, 1.165) is 25.1 Å². The molecular formula is C11H15N5. The summed E-state index contributed by atoms with van der Waals surface area (Å²) in [4.78, 5) is 7.10. The molecule has 5 nitrogen and oxygen atoms in total. The average Bonchev–Trinajstić information content (AvgIpc) is 2.97. The summed E-state index contributed by atoms with van der Waals surface area (Å²) < 4.78 is 0. The van der Waals surface area contributed by atoms with Crippen LogP contribution in [0, 0.1) is 0 Å². The van der Waals surface area contributed by atoms with Gasteiger partial charge in [-0.2, -0.15) is 5.10 Å². The minimum absolute atomic E-state index is 0.549. The van der Waals surface area contributed by atoms with E-state index in [4.69, 9.17) is 0 Å². The standard InChI is InChI=1S/C11H15N5/c1-2-11-8(4-15-16-11)3-9(1)13-6-10-5-12-7-14-10/h4-5,7,9,13H,1-3,6H2,(H,12,14)(H,15,16). The van der Waals surface area contributed by atoms with Gasteiger partial charge in [0.15, 0.2) is 0 Å². The van der Waals surface area contributed by atoms with Crippen molar-refractivity contribution in [3.63, 3.8) is 0 Å². The Bertz CT molecular complexity index is 445. The molecule has 0 saturated carbocycles. The first-order chi connectivity index (χ1) is 7.92. The molecule has 0 aliphatic heterocycles. The SMILES string of the molecule is c1ncc(CNC2CCc3[nH]ncc3C2)[nH]1. The molecule has 2 heterocycles. The van der Waals surface area contributed by atoms with E-state index in [1.54, 1.807) is 6.33 Å². The van der Waals surface area contributed by atoms with Crippen LogP contribution in [0.4, 0.5) is 0 Å². The van der Waals surface area contributed by atoms with Gasteiger partial charge in [0.2, 0.25) is 0 Å². The van der Waals surface area contributed by atoms with Crippen molar-refractivity contribution in [1.29, 1.82) is 0 Å². The van der Waals surface area contributed by atoms with Crippen LogP contribution in [-0.2, 0) is 19.4 Å². The third-order valence-corrected chi connectivity index (χ3v) is 3.15. The zero-order chi connectivity index (χ0) is 10.8. The molecule has 84 valence electrons. The summed E-state index contributed by atoms with van der Waals surface area (Å²) in [6, 6.07) is 0.549. The fraction of sp³-hybridized carbons (Fsp3) is 0.455. The first kappa shape index (κ1) is 9.59. The van der Waals surface area contributed by atoms with Crippen LogP contribution in [0.15, 0.2) is 18.7 Å². The molecule has 3 rings (SSSR count). The summed E-state index contributed by atoms with van der Waals surface area (Å²) in [5.41, 5.74) is 3.80. The number of aromatic nitrogens is 4. The third kappa shape index (κ3) is 1.86. The molecule has 3 N–H and O–H groups in total. The number of rotatable bonds is 3. The van der Waals surface area contributed by atoms with Gasteiger partial charge in [0.1, 0.15) is 0 Å². The molecule has 5 heteroatoms. The Labute approximate surface area is 93.7 Å². The van der Waals surface area contributed by atoms with Crippen LogP contribution in [0.25, 0.3) is 0 Å². The lowest BCUT2D eigenvalue weighted by Crippen LogP contribution is -2.33. The molecule has 0 spiro atoms. The maximum atomic E-state index is 4.08. The van der Waals surface area contributed by atoms with Gasteiger partial charge in [-0.3, -0.25) is 5.10 Å². The summed E-state index contributed by atoms with van der Waals surface area (Å²) in [6.07, 6.45) is 8.85. The molecule has 1 unspecified atom stereocenters. The molecule has 0 fully saturated rings. The number of aromatic amines is 2. The fourth-order valence-corrected chi connectivity index (χ4v) is 2.23. The summed E-state index contributed by atoms with van der Waals surface area (Å²) >= 11 is 0. The summed E-state index contributed by atoms with van der Waals surface area (Å²) in [6.45, 7) is 0.859. The lowest BCUT2D eigenvalue weighted by Gasteiger charge is -2.22. The number of nitrogens with zero attached hydrogens (tertiary/aromatic N) is 2. The van der Waals surface area contributed by atoms with Crippen LogP contribution >= 0.6 is 0 Å². The van der Waals surface area contributed by atoms with E-state index in [2.05, 4.69) is 25.5 Å². The summed E-state index contributed by atoms with van der Waals surface area (Å²) in [5.74, 6) is 0. The Morgan fingerprint density at radius 2 is 2.44 bits per heavy atom. The maximum Gasteiger partial charge on any atom is 0.0922 e. The normalized spacial score (nSPS) is 19.6. The van der Waals surface area contributed by atoms with Crippen LogP contribution in [-0.4, -0.2) is 26.2 Å². The van der Waals surface area contributed by atoms with Crippen molar-refractivity contribution in [2.24, 2.45) is 0 Å². The number of hydrogen-bond acceptors (Lipinski definition) is 3. The van der Waals surface area contributed by atoms with Crippen LogP contribution in [0.3, 0.4) is 0 Å². The molecule has 16 heavy (non-hydrogen) atoms. The van der Waals surface area contributed by atoms with Crippen molar-refractivity contribution < 1.29 is 0 Å². The van der Waals surface area contributed by atoms with Gasteiger partial charge in [0, 0.05) is 30.2 Å². The van der Waals surface area contributed by atoms with Crippen molar-refractivity contribution >= 4 is 0 Å². The molecule has 0 amide bonds. The maximum absolute atomic E-state index is 4.08. The van der Waals surface area contributed by atoms with Gasteiger partial charge in [0.25, 0.3) is 0 Å². The second kappa shape index (κ2) is 4.09. The zero-order valence-corrected chi connectivity index (χ0v) is 9.03. The lowest BCUT2D eigenvalue weighted by molar-refractivity contribution is 0.453. The van der Waals surface area contributed by atoms with Crippen LogP contribution in [0.5, 0.6) is 0 Å². The Balaban J connectivity index is 1.58. The molecule has 1 aliphatic rings. The molecule has 1 atom stereocenters. The van der Waals surface area contributed by atoms with Crippen LogP contribution < -0.4 is 5.32 Å². The first-order valence-corrected chi connectivity index (χ1v) is 5.63. The lowest BCUT2D eigenvalue weighted by atomic mass is 9.93. The van der Waals surface area contributed by atoms with E-state index in [1.165, 1.54) is 17.7 Å². The van der Waals surface area contributed by atoms with Gasteiger partial charge in [-0.15, -0.1) is 0 Å². The van der Waals surface area contributed by atoms with E-state index in [0.29, 0.717) is 6.04 Å². The Morgan fingerprint density at radius 3 is 3.31 bits per heavy atom. The number of aryl methyl sites for hydroxylation is 1. The molecule has 0 radical (unpaired) electrons. The summed E-state index contributed by atoms with van der Waals surface area (Å²) in [7, 11) is 0. The highest BCUT2D eigenvalue weighted by atomic mass is 15.1. The molecule has 0 bridgehead atoms. The monoisotopic (exact) mass is 217 g/mol. The van der Waals surface area contributed by atoms with Crippen LogP contribution in [0.2, 0.25) is 0 Å². The van der Waals surface area contributed by atoms with Crippen molar-refractivity contribution in [2.45, 2.75) is 31.8 Å². The van der Waals surface area contributed by atoms with Gasteiger partial charge in [-0.25, -0.2) is 4.98 Å². The minimum atomic E-state index is 0.549. The van der Waals surface area contributed by atoms with Crippen molar-refractivity contribution in [3.8, 4) is 0 Å². The number of imidazole rings is 1. The average molecular weight is 217 g/mol. The van der Waals surface area contributed by atoms with Gasteiger partial charge in [0.05, 0.1) is 12.5 Å². The molecule has 2 aromatic heterocycles.